The van der Waals surface area contributed by atoms with E-state index in [1.54, 1.807) is 19.2 Å². The normalized spacial score (nSPS) is 10.0. The van der Waals surface area contributed by atoms with Crippen molar-refractivity contribution in [3.63, 3.8) is 0 Å². The van der Waals surface area contributed by atoms with Crippen molar-refractivity contribution in [2.24, 2.45) is 0 Å². The van der Waals surface area contributed by atoms with Crippen LogP contribution in [-0.4, -0.2) is 19.6 Å². The quantitative estimate of drug-likeness (QED) is 0.880. The van der Waals surface area contributed by atoms with Gasteiger partial charge in [-0.1, -0.05) is 18.2 Å². The monoisotopic (exact) mass is 284 g/mol. The zero-order valence-corrected chi connectivity index (χ0v) is 12.6. The fourth-order valence-electron chi connectivity index (χ4n) is 2.10. The zero-order chi connectivity index (χ0) is 15.2. The fourth-order valence-corrected chi connectivity index (χ4v) is 2.10. The van der Waals surface area contributed by atoms with Gasteiger partial charge in [0.05, 0.1) is 12.8 Å². The Hall–Kier alpha value is -2.49. The predicted octanol–water partition coefficient (Wildman–Crippen LogP) is 3.69. The molecule has 0 unspecified atom stereocenters. The van der Waals surface area contributed by atoms with E-state index in [0.717, 1.165) is 23.5 Å². The van der Waals surface area contributed by atoms with Gasteiger partial charge in [-0.3, -0.25) is 4.79 Å². The third-order valence-electron chi connectivity index (χ3n) is 3.20. The molecular weight excluding hydrogens is 264 g/mol. The van der Waals surface area contributed by atoms with Crippen LogP contribution in [0.3, 0.4) is 0 Å². The Bertz CT molecular complexity index is 624. The van der Waals surface area contributed by atoms with E-state index in [4.69, 9.17) is 4.74 Å². The fraction of sp³-hybridized carbons (Fsp3) is 0.235. The maximum Gasteiger partial charge on any atom is 0.255 e. The molecule has 110 valence electrons. The van der Waals surface area contributed by atoms with Crippen LogP contribution in [-0.2, 0) is 0 Å². The van der Waals surface area contributed by atoms with E-state index in [-0.39, 0.29) is 5.91 Å². The van der Waals surface area contributed by atoms with E-state index in [0.29, 0.717) is 11.3 Å². The number of ether oxygens (including phenoxy) is 1. The minimum atomic E-state index is -0.128. The van der Waals surface area contributed by atoms with Crippen molar-refractivity contribution in [1.29, 1.82) is 0 Å². The highest BCUT2D eigenvalue weighted by molar-refractivity contribution is 6.04. The van der Waals surface area contributed by atoms with Crippen molar-refractivity contribution in [3.05, 3.63) is 53.6 Å². The van der Waals surface area contributed by atoms with Crippen molar-refractivity contribution < 1.29 is 9.53 Å². The number of benzene rings is 2. The van der Waals surface area contributed by atoms with E-state index in [1.165, 1.54) is 0 Å². The van der Waals surface area contributed by atoms with Crippen LogP contribution in [0.2, 0.25) is 0 Å². The predicted molar refractivity (Wildman–Crippen MR) is 86.3 cm³/mol. The molecule has 0 aliphatic rings. The molecule has 2 aromatic carbocycles. The molecule has 0 aromatic heterocycles. The van der Waals surface area contributed by atoms with Crippen LogP contribution in [0.15, 0.2) is 42.5 Å². The first-order chi connectivity index (χ1) is 10.2. The maximum absolute atomic E-state index is 12.2. The highest BCUT2D eigenvalue weighted by atomic mass is 16.5. The highest BCUT2D eigenvalue weighted by Crippen LogP contribution is 2.31. The maximum atomic E-state index is 12.2. The first-order valence-electron chi connectivity index (χ1n) is 6.94. The molecule has 2 N–H and O–H groups in total. The Morgan fingerprint density at radius 3 is 2.48 bits per heavy atom. The number of amides is 1. The second-order valence-electron chi connectivity index (χ2n) is 4.72. The molecule has 0 aliphatic heterocycles. The first kappa shape index (κ1) is 14.9. The number of hydrogen-bond acceptors (Lipinski definition) is 3. The number of anilines is 2. The van der Waals surface area contributed by atoms with Gasteiger partial charge in [-0.15, -0.1) is 0 Å². The average Bonchev–Trinajstić information content (AvgIpc) is 2.51. The number of hydrogen-bond donors (Lipinski definition) is 2. The number of rotatable bonds is 5. The van der Waals surface area contributed by atoms with Crippen LogP contribution in [0.4, 0.5) is 11.4 Å². The van der Waals surface area contributed by atoms with Crippen molar-refractivity contribution in [3.8, 4) is 5.75 Å². The molecule has 0 saturated heterocycles. The van der Waals surface area contributed by atoms with Gasteiger partial charge >= 0.3 is 0 Å². The Kier molecular flexibility index (Phi) is 4.82. The van der Waals surface area contributed by atoms with Crippen LogP contribution >= 0.6 is 0 Å². The summed E-state index contributed by atoms with van der Waals surface area (Å²) in [6, 6.07) is 13.0. The number of nitrogens with one attached hydrogen (secondary N) is 2. The van der Waals surface area contributed by atoms with Crippen LogP contribution in [0.1, 0.15) is 22.8 Å². The van der Waals surface area contributed by atoms with E-state index < -0.39 is 0 Å². The highest BCUT2D eigenvalue weighted by Gasteiger charge is 2.11. The molecule has 0 radical (unpaired) electrons. The largest absolute Gasteiger partial charge is 0.495 e. The van der Waals surface area contributed by atoms with Gasteiger partial charge in [-0.25, -0.2) is 0 Å². The molecule has 1 amide bonds. The summed E-state index contributed by atoms with van der Waals surface area (Å²) >= 11 is 0. The van der Waals surface area contributed by atoms with Gasteiger partial charge in [0, 0.05) is 23.9 Å². The minimum absolute atomic E-state index is 0.128. The molecule has 0 saturated carbocycles. The minimum Gasteiger partial charge on any atom is -0.495 e. The number of methoxy groups -OCH3 is 1. The summed E-state index contributed by atoms with van der Waals surface area (Å²) in [7, 11) is 1.62. The van der Waals surface area contributed by atoms with Gasteiger partial charge in [0.25, 0.3) is 5.91 Å². The Balaban J connectivity index is 2.26. The number of carbonyl (C=O) groups excluding carboxylic acids is 1. The summed E-state index contributed by atoms with van der Waals surface area (Å²) in [5, 5.41) is 6.17. The smallest absolute Gasteiger partial charge is 0.255 e. The molecule has 0 heterocycles. The molecule has 0 aliphatic carbocycles. The summed E-state index contributed by atoms with van der Waals surface area (Å²) in [4.78, 5) is 12.2. The lowest BCUT2D eigenvalue weighted by Gasteiger charge is -2.15. The molecule has 2 aromatic rings. The SMILES string of the molecule is CCNc1cc(C)c(NC(=O)c2ccccc2)cc1OC. The van der Waals surface area contributed by atoms with Gasteiger partial charge < -0.3 is 15.4 Å². The van der Waals surface area contributed by atoms with E-state index in [2.05, 4.69) is 10.6 Å². The first-order valence-corrected chi connectivity index (χ1v) is 6.94. The molecule has 0 bridgehead atoms. The molecule has 0 spiro atoms. The summed E-state index contributed by atoms with van der Waals surface area (Å²) in [5.41, 5.74) is 3.29. The number of aryl methyl sites for hydroxylation is 1. The third kappa shape index (κ3) is 3.54. The zero-order valence-electron chi connectivity index (χ0n) is 12.6. The molecule has 0 atom stereocenters. The van der Waals surface area contributed by atoms with Crippen LogP contribution < -0.4 is 15.4 Å². The van der Waals surface area contributed by atoms with Gasteiger partial charge in [-0.2, -0.15) is 0 Å². The Morgan fingerprint density at radius 2 is 1.86 bits per heavy atom. The second kappa shape index (κ2) is 6.79. The Labute approximate surface area is 125 Å². The molecule has 4 nitrogen and oxygen atoms in total. The van der Waals surface area contributed by atoms with Crippen molar-refractivity contribution in [2.45, 2.75) is 13.8 Å². The third-order valence-corrected chi connectivity index (χ3v) is 3.20. The van der Waals surface area contributed by atoms with Gasteiger partial charge in [0.2, 0.25) is 0 Å². The second-order valence-corrected chi connectivity index (χ2v) is 4.72. The van der Waals surface area contributed by atoms with E-state index >= 15 is 0 Å². The van der Waals surface area contributed by atoms with Crippen LogP contribution in [0, 0.1) is 6.92 Å². The summed E-state index contributed by atoms with van der Waals surface area (Å²) in [6.07, 6.45) is 0. The van der Waals surface area contributed by atoms with Crippen molar-refractivity contribution in [2.75, 3.05) is 24.3 Å². The summed E-state index contributed by atoms with van der Waals surface area (Å²) in [5.74, 6) is 0.586. The van der Waals surface area contributed by atoms with Crippen molar-refractivity contribution in [1.82, 2.24) is 0 Å². The summed E-state index contributed by atoms with van der Waals surface area (Å²) in [6.45, 7) is 4.80. The Morgan fingerprint density at radius 1 is 1.14 bits per heavy atom. The molecule has 2 rings (SSSR count). The lowest BCUT2D eigenvalue weighted by molar-refractivity contribution is 0.102. The van der Waals surface area contributed by atoms with Crippen molar-refractivity contribution >= 4 is 17.3 Å². The van der Waals surface area contributed by atoms with Gasteiger partial charge in [-0.05, 0) is 37.6 Å². The average molecular weight is 284 g/mol. The molecule has 21 heavy (non-hydrogen) atoms. The molecular formula is C17H20N2O2. The van der Waals surface area contributed by atoms with E-state index in [1.807, 2.05) is 44.2 Å². The lowest BCUT2D eigenvalue weighted by Crippen LogP contribution is -2.13. The van der Waals surface area contributed by atoms with Gasteiger partial charge in [0.1, 0.15) is 5.75 Å². The van der Waals surface area contributed by atoms with Crippen LogP contribution in [0.25, 0.3) is 0 Å². The topological polar surface area (TPSA) is 50.4 Å². The molecule has 0 fully saturated rings. The number of carbonyl (C=O) groups is 1. The molecule has 4 heteroatoms. The van der Waals surface area contributed by atoms with Crippen LogP contribution in [0.5, 0.6) is 5.75 Å². The van der Waals surface area contributed by atoms with Gasteiger partial charge in [0.15, 0.2) is 0 Å². The standard InChI is InChI=1S/C17H20N2O2/c1-4-18-15-10-12(2)14(11-16(15)21-3)19-17(20)13-8-6-5-7-9-13/h5-11,18H,4H2,1-3H3,(H,19,20). The summed E-state index contributed by atoms with van der Waals surface area (Å²) < 4.78 is 5.37. The lowest BCUT2D eigenvalue weighted by atomic mass is 10.1. The van der Waals surface area contributed by atoms with E-state index in [9.17, 15) is 4.79 Å².